The molecule has 0 bridgehead atoms. The first-order valence-corrected chi connectivity index (χ1v) is 6.01. The third-order valence-electron chi connectivity index (χ3n) is 3.37. The van der Waals surface area contributed by atoms with Crippen LogP contribution < -0.4 is 0 Å². The van der Waals surface area contributed by atoms with Gasteiger partial charge in [-0.2, -0.15) is 0 Å². The summed E-state index contributed by atoms with van der Waals surface area (Å²) in [4.78, 5) is 12.5. The Labute approximate surface area is 98.3 Å². The molecule has 0 heterocycles. The van der Waals surface area contributed by atoms with Gasteiger partial charge >= 0.3 is 0 Å². The Kier molecular flexibility index (Phi) is 8.43. The molecule has 16 heavy (non-hydrogen) atoms. The highest BCUT2D eigenvalue weighted by Gasteiger charge is 2.20. The minimum absolute atomic E-state index is 0.0833. The number of carbonyl (C=O) groups is 1. The van der Waals surface area contributed by atoms with Gasteiger partial charge in [-0.15, -0.1) is 0 Å². The quantitative estimate of drug-likeness (QED) is 0.568. The van der Waals surface area contributed by atoms with E-state index >= 15 is 0 Å². The molecule has 4 heteroatoms. The summed E-state index contributed by atoms with van der Waals surface area (Å²) in [5.41, 5.74) is 0. The third kappa shape index (κ3) is 5.58. The predicted octanol–water partition coefficient (Wildman–Crippen LogP) is 0.523. The van der Waals surface area contributed by atoms with Gasteiger partial charge < -0.3 is 15.0 Å². The van der Waals surface area contributed by atoms with Crippen molar-refractivity contribution in [1.82, 2.24) is 4.90 Å². The zero-order chi connectivity index (χ0) is 12.6. The Morgan fingerprint density at radius 2 is 2.00 bits per heavy atom. The molecule has 3 atom stereocenters. The lowest BCUT2D eigenvalue weighted by atomic mass is 9.88. The van der Waals surface area contributed by atoms with Crippen LogP contribution in [0.25, 0.3) is 0 Å². The van der Waals surface area contributed by atoms with Crippen molar-refractivity contribution in [3.8, 4) is 0 Å². The fraction of sp³-hybridized carbons (Fsp3) is 0.917. The second-order valence-electron chi connectivity index (χ2n) is 4.43. The van der Waals surface area contributed by atoms with E-state index in [4.69, 9.17) is 5.11 Å². The fourth-order valence-electron chi connectivity index (χ4n) is 1.68. The van der Waals surface area contributed by atoms with Crippen LogP contribution in [0.2, 0.25) is 0 Å². The van der Waals surface area contributed by atoms with Crippen molar-refractivity contribution in [2.24, 2.45) is 11.8 Å². The first-order chi connectivity index (χ1) is 7.56. The van der Waals surface area contributed by atoms with Crippen LogP contribution in [-0.2, 0) is 4.79 Å². The summed E-state index contributed by atoms with van der Waals surface area (Å²) in [6.45, 7) is 8.05. The van der Waals surface area contributed by atoms with Gasteiger partial charge in [-0.1, -0.05) is 20.8 Å². The van der Waals surface area contributed by atoms with Gasteiger partial charge in [0.2, 0.25) is 0 Å². The molecular weight excluding hydrogens is 206 g/mol. The number of rotatable bonds is 9. The maximum Gasteiger partial charge on any atom is 0.133 e. The highest BCUT2D eigenvalue weighted by molar-refractivity contribution is 5.51. The minimum Gasteiger partial charge on any atom is -0.394 e. The molecule has 0 aliphatic carbocycles. The van der Waals surface area contributed by atoms with Gasteiger partial charge in [0.1, 0.15) is 6.29 Å². The molecule has 0 rings (SSSR count). The van der Waals surface area contributed by atoms with Crippen molar-refractivity contribution >= 4 is 6.29 Å². The summed E-state index contributed by atoms with van der Waals surface area (Å²) >= 11 is 0. The molecule has 0 aromatic heterocycles. The van der Waals surface area contributed by atoms with E-state index in [0.29, 0.717) is 12.5 Å². The summed E-state index contributed by atoms with van der Waals surface area (Å²) in [6, 6.07) is 0. The van der Waals surface area contributed by atoms with Crippen molar-refractivity contribution in [2.45, 2.75) is 33.3 Å². The summed E-state index contributed by atoms with van der Waals surface area (Å²) in [5, 5.41) is 18.4. The normalized spacial score (nSPS) is 17.1. The summed E-state index contributed by atoms with van der Waals surface area (Å²) in [7, 11) is 0. The predicted molar refractivity (Wildman–Crippen MR) is 64.2 cm³/mol. The lowest BCUT2D eigenvalue weighted by Gasteiger charge is -2.26. The summed E-state index contributed by atoms with van der Waals surface area (Å²) in [5.74, 6) is 0.419. The van der Waals surface area contributed by atoms with Gasteiger partial charge in [0, 0.05) is 0 Å². The maximum atomic E-state index is 10.4. The molecule has 0 saturated carbocycles. The Morgan fingerprint density at radius 3 is 2.44 bits per heavy atom. The number of hydrogen-bond donors (Lipinski definition) is 2. The lowest BCUT2D eigenvalue weighted by molar-refractivity contribution is -0.108. The topological polar surface area (TPSA) is 60.8 Å². The van der Waals surface area contributed by atoms with Crippen LogP contribution in [0.3, 0.4) is 0 Å². The molecule has 0 aliphatic heterocycles. The number of aliphatic hydroxyl groups excluding tert-OH is 2. The van der Waals surface area contributed by atoms with Crippen molar-refractivity contribution in [3.63, 3.8) is 0 Å². The zero-order valence-electron chi connectivity index (χ0n) is 10.6. The standard InChI is InChI=1S/C12H25NO3/c1-4-13(7-8-14)6-5-10(2)11(3)12(16)9-15/h8,10-12,15-16H,4-7,9H2,1-3H3. The minimum atomic E-state index is -0.642. The number of carbonyl (C=O) groups excluding carboxylic acids is 1. The van der Waals surface area contributed by atoms with E-state index in [-0.39, 0.29) is 12.5 Å². The van der Waals surface area contributed by atoms with E-state index in [1.807, 2.05) is 13.8 Å². The second-order valence-corrected chi connectivity index (χ2v) is 4.43. The number of nitrogens with zero attached hydrogens (tertiary/aromatic N) is 1. The molecule has 96 valence electrons. The first-order valence-electron chi connectivity index (χ1n) is 6.01. The largest absolute Gasteiger partial charge is 0.394 e. The van der Waals surface area contributed by atoms with Crippen molar-refractivity contribution in [3.05, 3.63) is 0 Å². The molecule has 0 spiro atoms. The molecule has 2 N–H and O–H groups in total. The Bertz CT molecular complexity index is 187. The Morgan fingerprint density at radius 1 is 1.38 bits per heavy atom. The van der Waals surface area contributed by atoms with Crippen molar-refractivity contribution in [2.75, 3.05) is 26.2 Å². The molecule has 0 fully saturated rings. The molecule has 3 unspecified atom stereocenters. The average molecular weight is 231 g/mol. The van der Waals surface area contributed by atoms with Crippen molar-refractivity contribution < 1.29 is 15.0 Å². The van der Waals surface area contributed by atoms with E-state index in [1.54, 1.807) is 0 Å². The molecule has 0 amide bonds. The van der Waals surface area contributed by atoms with E-state index < -0.39 is 6.10 Å². The Hall–Kier alpha value is -0.450. The van der Waals surface area contributed by atoms with E-state index in [1.165, 1.54) is 0 Å². The lowest BCUT2D eigenvalue weighted by Crippen LogP contribution is -2.32. The number of likely N-dealkylation sites (N-methyl/N-ethyl adjacent to an activating group) is 1. The third-order valence-corrected chi connectivity index (χ3v) is 3.37. The van der Waals surface area contributed by atoms with Crippen LogP contribution in [0.1, 0.15) is 27.2 Å². The highest BCUT2D eigenvalue weighted by atomic mass is 16.3. The smallest absolute Gasteiger partial charge is 0.133 e. The molecule has 0 aromatic rings. The number of aldehydes is 1. The molecule has 0 aromatic carbocycles. The maximum absolute atomic E-state index is 10.4. The summed E-state index contributed by atoms with van der Waals surface area (Å²) in [6.07, 6.45) is 1.20. The molecule has 0 aliphatic rings. The van der Waals surface area contributed by atoms with Crippen LogP contribution in [-0.4, -0.2) is 53.7 Å². The van der Waals surface area contributed by atoms with E-state index in [2.05, 4.69) is 11.8 Å². The van der Waals surface area contributed by atoms with Gasteiger partial charge in [0.25, 0.3) is 0 Å². The Balaban J connectivity index is 3.94. The van der Waals surface area contributed by atoms with Crippen molar-refractivity contribution in [1.29, 1.82) is 0 Å². The average Bonchev–Trinajstić information content (AvgIpc) is 2.31. The first kappa shape index (κ1) is 15.6. The fourth-order valence-corrected chi connectivity index (χ4v) is 1.68. The number of hydrogen-bond acceptors (Lipinski definition) is 4. The SMILES string of the molecule is CCN(CC=O)CCC(C)C(C)C(O)CO. The van der Waals surface area contributed by atoms with E-state index in [0.717, 1.165) is 25.8 Å². The van der Waals surface area contributed by atoms with Gasteiger partial charge in [0.05, 0.1) is 19.3 Å². The van der Waals surface area contributed by atoms with Crippen LogP contribution >= 0.6 is 0 Å². The van der Waals surface area contributed by atoms with Gasteiger partial charge in [-0.3, -0.25) is 4.90 Å². The van der Waals surface area contributed by atoms with Crippen LogP contribution in [0.4, 0.5) is 0 Å². The van der Waals surface area contributed by atoms with Crippen LogP contribution in [0, 0.1) is 11.8 Å². The molecule has 0 saturated heterocycles. The summed E-state index contributed by atoms with van der Waals surface area (Å²) < 4.78 is 0. The molecular formula is C12H25NO3. The zero-order valence-corrected chi connectivity index (χ0v) is 10.6. The molecule has 0 radical (unpaired) electrons. The van der Waals surface area contributed by atoms with Gasteiger partial charge in [0.15, 0.2) is 0 Å². The van der Waals surface area contributed by atoms with Crippen LogP contribution in [0.5, 0.6) is 0 Å². The highest BCUT2D eigenvalue weighted by Crippen LogP contribution is 2.18. The molecule has 4 nitrogen and oxygen atoms in total. The number of aliphatic hydroxyl groups is 2. The van der Waals surface area contributed by atoms with E-state index in [9.17, 15) is 9.90 Å². The second kappa shape index (κ2) is 8.67. The van der Waals surface area contributed by atoms with Gasteiger partial charge in [-0.05, 0) is 31.3 Å². The van der Waals surface area contributed by atoms with Crippen LogP contribution in [0.15, 0.2) is 0 Å². The monoisotopic (exact) mass is 231 g/mol. The van der Waals surface area contributed by atoms with Gasteiger partial charge in [-0.25, -0.2) is 0 Å².